The van der Waals surface area contributed by atoms with E-state index in [1.165, 1.54) is 0 Å². The molecule has 16 heavy (non-hydrogen) atoms. The molecule has 1 atom stereocenters. The van der Waals surface area contributed by atoms with Gasteiger partial charge in [0.15, 0.2) is 5.78 Å². The molecule has 0 spiro atoms. The first kappa shape index (κ1) is 13.2. The van der Waals surface area contributed by atoms with Crippen LogP contribution in [0.25, 0.3) is 0 Å². The average Bonchev–Trinajstić information content (AvgIpc) is 2.29. The quantitative estimate of drug-likeness (QED) is 0.823. The lowest BCUT2D eigenvalue weighted by Crippen LogP contribution is -2.18. The van der Waals surface area contributed by atoms with E-state index in [9.17, 15) is 4.79 Å². The Kier molecular flexibility index (Phi) is 5.00. The Balaban J connectivity index is 2.55. The second kappa shape index (κ2) is 6.04. The number of Topliss-reactive ketones (excluding diaryl/α,β-unsaturated/α-hetero) is 1. The minimum absolute atomic E-state index is 0.0801. The molecule has 0 aromatic heterocycles. The van der Waals surface area contributed by atoms with Crippen molar-refractivity contribution in [3.05, 3.63) is 28.2 Å². The van der Waals surface area contributed by atoms with E-state index in [1.54, 1.807) is 0 Å². The number of rotatable bonds is 5. The number of hydrogen-bond donors (Lipinski definition) is 0. The fourth-order valence-corrected chi connectivity index (χ4v) is 1.48. The van der Waals surface area contributed by atoms with Crippen molar-refractivity contribution in [2.45, 2.75) is 27.2 Å². The first-order valence-electron chi connectivity index (χ1n) is 5.46. The van der Waals surface area contributed by atoms with Crippen LogP contribution in [0.3, 0.4) is 0 Å². The molecule has 0 radical (unpaired) electrons. The van der Waals surface area contributed by atoms with Crippen LogP contribution in [0.1, 0.15) is 25.8 Å². The van der Waals surface area contributed by atoms with Gasteiger partial charge in [-0.25, -0.2) is 0 Å². The Bertz CT molecular complexity index is 374. The molecule has 3 heteroatoms. The predicted molar refractivity (Wildman–Crippen MR) is 68.8 cm³/mol. The SMILES string of the molecule is CCC(C)C(=O)COc1ccc(Br)c(C)c1. The summed E-state index contributed by atoms with van der Waals surface area (Å²) in [6.45, 7) is 6.09. The van der Waals surface area contributed by atoms with Crippen molar-refractivity contribution in [1.82, 2.24) is 0 Å². The molecule has 1 aromatic rings. The number of carbonyl (C=O) groups excluding carboxylic acids is 1. The lowest BCUT2D eigenvalue weighted by atomic mass is 10.0. The van der Waals surface area contributed by atoms with Crippen molar-refractivity contribution >= 4 is 21.7 Å². The van der Waals surface area contributed by atoms with Gasteiger partial charge in [-0.05, 0) is 37.1 Å². The zero-order valence-corrected chi connectivity index (χ0v) is 11.5. The van der Waals surface area contributed by atoms with Crippen LogP contribution in [0.15, 0.2) is 22.7 Å². The third-order valence-corrected chi connectivity index (χ3v) is 3.56. The number of ether oxygens (including phenoxy) is 1. The fraction of sp³-hybridized carbons (Fsp3) is 0.462. The van der Waals surface area contributed by atoms with Gasteiger partial charge in [0, 0.05) is 10.4 Å². The van der Waals surface area contributed by atoms with Crippen LogP contribution in [0.2, 0.25) is 0 Å². The summed E-state index contributed by atoms with van der Waals surface area (Å²) >= 11 is 3.42. The molecule has 0 fully saturated rings. The molecule has 0 saturated heterocycles. The summed E-state index contributed by atoms with van der Waals surface area (Å²) in [5.41, 5.74) is 1.11. The van der Waals surface area contributed by atoms with Crippen LogP contribution in [-0.2, 0) is 4.79 Å². The van der Waals surface area contributed by atoms with Crippen molar-refractivity contribution in [2.24, 2.45) is 5.92 Å². The van der Waals surface area contributed by atoms with Crippen molar-refractivity contribution in [1.29, 1.82) is 0 Å². The van der Waals surface area contributed by atoms with E-state index in [1.807, 2.05) is 39.0 Å². The Labute approximate surface area is 105 Å². The first-order valence-corrected chi connectivity index (χ1v) is 6.25. The summed E-state index contributed by atoms with van der Waals surface area (Å²) in [5.74, 6) is 0.983. The Morgan fingerprint density at radius 1 is 1.50 bits per heavy atom. The summed E-state index contributed by atoms with van der Waals surface area (Å²) in [7, 11) is 0. The van der Waals surface area contributed by atoms with Crippen molar-refractivity contribution in [2.75, 3.05) is 6.61 Å². The summed E-state index contributed by atoms with van der Waals surface area (Å²) in [4.78, 5) is 11.6. The van der Waals surface area contributed by atoms with E-state index in [2.05, 4.69) is 15.9 Å². The highest BCUT2D eigenvalue weighted by atomic mass is 79.9. The monoisotopic (exact) mass is 284 g/mol. The second-order valence-electron chi connectivity index (χ2n) is 3.98. The third kappa shape index (κ3) is 3.63. The van der Waals surface area contributed by atoms with Crippen LogP contribution < -0.4 is 4.74 Å². The molecule has 0 bridgehead atoms. The van der Waals surface area contributed by atoms with Gasteiger partial charge in [0.25, 0.3) is 0 Å². The smallest absolute Gasteiger partial charge is 0.172 e. The first-order chi connectivity index (χ1) is 7.54. The highest BCUT2D eigenvalue weighted by Gasteiger charge is 2.11. The molecule has 0 amide bonds. The molecule has 0 aliphatic heterocycles. The minimum Gasteiger partial charge on any atom is -0.486 e. The molecular formula is C13H17BrO2. The summed E-state index contributed by atoms with van der Waals surface area (Å²) in [5, 5.41) is 0. The number of aryl methyl sites for hydroxylation is 1. The van der Waals surface area contributed by atoms with Gasteiger partial charge >= 0.3 is 0 Å². The lowest BCUT2D eigenvalue weighted by molar-refractivity contribution is -0.124. The van der Waals surface area contributed by atoms with Gasteiger partial charge in [0.05, 0.1) is 0 Å². The Hall–Kier alpha value is -0.830. The van der Waals surface area contributed by atoms with Gasteiger partial charge in [-0.2, -0.15) is 0 Å². The average molecular weight is 285 g/mol. The maximum atomic E-state index is 11.6. The topological polar surface area (TPSA) is 26.3 Å². The maximum Gasteiger partial charge on any atom is 0.172 e. The predicted octanol–water partition coefficient (Wildman–Crippen LogP) is 3.75. The van der Waals surface area contributed by atoms with E-state index in [0.717, 1.165) is 22.2 Å². The molecule has 2 nitrogen and oxygen atoms in total. The third-order valence-electron chi connectivity index (χ3n) is 2.67. The second-order valence-corrected chi connectivity index (χ2v) is 4.83. The van der Waals surface area contributed by atoms with Crippen LogP contribution in [0.5, 0.6) is 5.75 Å². The van der Waals surface area contributed by atoms with Gasteiger partial charge in [0.1, 0.15) is 12.4 Å². The zero-order valence-electron chi connectivity index (χ0n) is 9.92. The van der Waals surface area contributed by atoms with Crippen LogP contribution >= 0.6 is 15.9 Å². The van der Waals surface area contributed by atoms with E-state index in [-0.39, 0.29) is 18.3 Å². The molecule has 0 heterocycles. The van der Waals surface area contributed by atoms with E-state index < -0.39 is 0 Å². The zero-order chi connectivity index (χ0) is 12.1. The van der Waals surface area contributed by atoms with Gasteiger partial charge in [0.2, 0.25) is 0 Å². The molecule has 1 unspecified atom stereocenters. The summed E-state index contributed by atoms with van der Waals surface area (Å²) in [6, 6.07) is 5.72. The largest absolute Gasteiger partial charge is 0.486 e. The maximum absolute atomic E-state index is 11.6. The standard InChI is InChI=1S/C13H17BrO2/c1-4-9(2)13(15)8-16-11-5-6-12(14)10(3)7-11/h5-7,9H,4,8H2,1-3H3. The van der Waals surface area contributed by atoms with Crippen molar-refractivity contribution in [3.8, 4) is 5.75 Å². The van der Waals surface area contributed by atoms with Crippen LogP contribution in [0, 0.1) is 12.8 Å². The number of ketones is 1. The van der Waals surface area contributed by atoms with Gasteiger partial charge in [-0.3, -0.25) is 4.79 Å². The fourth-order valence-electron chi connectivity index (χ4n) is 1.23. The molecule has 0 aliphatic rings. The van der Waals surface area contributed by atoms with E-state index in [4.69, 9.17) is 4.74 Å². The molecular weight excluding hydrogens is 268 g/mol. The van der Waals surface area contributed by atoms with Gasteiger partial charge in [-0.1, -0.05) is 29.8 Å². The molecule has 1 rings (SSSR count). The van der Waals surface area contributed by atoms with E-state index in [0.29, 0.717) is 0 Å². The lowest BCUT2D eigenvalue weighted by Gasteiger charge is -2.10. The van der Waals surface area contributed by atoms with Crippen LogP contribution in [0.4, 0.5) is 0 Å². The Morgan fingerprint density at radius 3 is 2.75 bits per heavy atom. The summed E-state index contributed by atoms with van der Waals surface area (Å²) < 4.78 is 6.51. The van der Waals surface area contributed by atoms with Gasteiger partial charge < -0.3 is 4.74 Å². The summed E-state index contributed by atoms with van der Waals surface area (Å²) in [6.07, 6.45) is 0.863. The van der Waals surface area contributed by atoms with Gasteiger partial charge in [-0.15, -0.1) is 0 Å². The molecule has 0 aliphatic carbocycles. The number of hydrogen-bond acceptors (Lipinski definition) is 2. The highest BCUT2D eigenvalue weighted by Crippen LogP contribution is 2.21. The van der Waals surface area contributed by atoms with Crippen LogP contribution in [-0.4, -0.2) is 12.4 Å². The van der Waals surface area contributed by atoms with E-state index >= 15 is 0 Å². The normalized spacial score (nSPS) is 12.2. The van der Waals surface area contributed by atoms with Crippen molar-refractivity contribution < 1.29 is 9.53 Å². The molecule has 1 aromatic carbocycles. The molecule has 88 valence electrons. The highest BCUT2D eigenvalue weighted by molar-refractivity contribution is 9.10. The van der Waals surface area contributed by atoms with Crippen molar-refractivity contribution in [3.63, 3.8) is 0 Å². The molecule has 0 saturated carbocycles. The number of carbonyl (C=O) groups is 1. The minimum atomic E-state index is 0.0801. The number of halogens is 1. The number of benzene rings is 1. The Morgan fingerprint density at radius 2 is 2.19 bits per heavy atom. The molecule has 0 N–H and O–H groups in total.